The lowest BCUT2D eigenvalue weighted by Gasteiger charge is -2.01. The standard InChI is InChI=1S/C20H15ClN2O2/c1-13-18(16-9-2-3-10-17(16)23-13)19(24)20(25)22-11-5-7-14-6-4-8-15(21)12-14/h2-4,6,8-10,12,23H,11H2,1H3,(H,22,25). The van der Waals surface area contributed by atoms with E-state index in [9.17, 15) is 9.59 Å². The normalized spacial score (nSPS) is 10.2. The van der Waals surface area contributed by atoms with Gasteiger partial charge in [0, 0.05) is 27.2 Å². The van der Waals surface area contributed by atoms with E-state index in [4.69, 9.17) is 11.6 Å². The van der Waals surface area contributed by atoms with Crippen LogP contribution in [0.3, 0.4) is 0 Å². The molecule has 2 aromatic carbocycles. The first-order valence-corrected chi connectivity index (χ1v) is 8.08. The number of benzene rings is 2. The smallest absolute Gasteiger partial charge is 0.293 e. The Morgan fingerprint density at radius 3 is 2.76 bits per heavy atom. The number of rotatable bonds is 3. The molecule has 124 valence electrons. The maximum Gasteiger partial charge on any atom is 0.293 e. The summed E-state index contributed by atoms with van der Waals surface area (Å²) in [5, 5.41) is 3.88. The Bertz CT molecular complexity index is 1020. The highest BCUT2D eigenvalue weighted by molar-refractivity contribution is 6.45. The lowest BCUT2D eigenvalue weighted by molar-refractivity contribution is -0.116. The van der Waals surface area contributed by atoms with Crippen LogP contribution in [0.4, 0.5) is 0 Å². The van der Waals surface area contributed by atoms with Gasteiger partial charge in [-0.25, -0.2) is 0 Å². The van der Waals surface area contributed by atoms with Gasteiger partial charge in [0.25, 0.3) is 11.7 Å². The van der Waals surface area contributed by atoms with Crippen molar-refractivity contribution in [3.8, 4) is 11.8 Å². The first-order chi connectivity index (χ1) is 12.1. The maximum atomic E-state index is 12.5. The average Bonchev–Trinajstić information content (AvgIpc) is 2.93. The number of aromatic nitrogens is 1. The molecule has 0 aliphatic carbocycles. The largest absolute Gasteiger partial charge is 0.358 e. The van der Waals surface area contributed by atoms with E-state index in [1.165, 1.54) is 0 Å². The number of H-pyrrole nitrogens is 1. The van der Waals surface area contributed by atoms with E-state index in [0.717, 1.165) is 16.5 Å². The lowest BCUT2D eigenvalue weighted by atomic mass is 10.1. The number of hydrogen-bond donors (Lipinski definition) is 2. The summed E-state index contributed by atoms with van der Waals surface area (Å²) in [6.07, 6.45) is 0. The highest BCUT2D eigenvalue weighted by atomic mass is 35.5. The number of halogens is 1. The van der Waals surface area contributed by atoms with Crippen molar-refractivity contribution in [3.05, 3.63) is 70.4 Å². The number of carbonyl (C=O) groups is 2. The van der Waals surface area contributed by atoms with Crippen molar-refractivity contribution in [3.63, 3.8) is 0 Å². The summed E-state index contributed by atoms with van der Waals surface area (Å²) in [4.78, 5) is 27.7. The highest BCUT2D eigenvalue weighted by Gasteiger charge is 2.21. The van der Waals surface area contributed by atoms with Crippen molar-refractivity contribution in [2.24, 2.45) is 0 Å². The molecular weight excluding hydrogens is 336 g/mol. The number of fused-ring (bicyclic) bond motifs is 1. The van der Waals surface area contributed by atoms with Gasteiger partial charge in [0.15, 0.2) is 0 Å². The van der Waals surface area contributed by atoms with Crippen LogP contribution in [-0.2, 0) is 4.79 Å². The molecule has 0 unspecified atom stereocenters. The second-order valence-corrected chi connectivity index (χ2v) is 5.93. The molecule has 2 N–H and O–H groups in total. The summed E-state index contributed by atoms with van der Waals surface area (Å²) in [6.45, 7) is 1.86. The van der Waals surface area contributed by atoms with Gasteiger partial charge in [-0.3, -0.25) is 9.59 Å². The molecule has 0 aliphatic rings. The third kappa shape index (κ3) is 3.73. The molecule has 3 rings (SSSR count). The van der Waals surface area contributed by atoms with Crippen LogP contribution in [0.25, 0.3) is 10.9 Å². The zero-order valence-corrected chi connectivity index (χ0v) is 14.3. The van der Waals surface area contributed by atoms with Gasteiger partial charge in [-0.15, -0.1) is 0 Å². The molecule has 0 saturated carbocycles. The van der Waals surface area contributed by atoms with Crippen LogP contribution in [0.15, 0.2) is 48.5 Å². The van der Waals surface area contributed by atoms with Gasteiger partial charge < -0.3 is 10.3 Å². The summed E-state index contributed by atoms with van der Waals surface area (Å²) >= 11 is 5.88. The fourth-order valence-electron chi connectivity index (χ4n) is 2.60. The van der Waals surface area contributed by atoms with Gasteiger partial charge in [0.2, 0.25) is 0 Å². The third-order valence-corrected chi connectivity index (χ3v) is 3.96. The van der Waals surface area contributed by atoms with E-state index in [2.05, 4.69) is 22.1 Å². The van der Waals surface area contributed by atoms with E-state index in [1.807, 2.05) is 30.3 Å². The first kappa shape index (κ1) is 16.8. The molecule has 3 aromatic rings. The Morgan fingerprint density at radius 1 is 1.16 bits per heavy atom. The summed E-state index contributed by atoms with van der Waals surface area (Å²) < 4.78 is 0. The van der Waals surface area contributed by atoms with Crippen LogP contribution in [-0.4, -0.2) is 23.2 Å². The number of amides is 1. The van der Waals surface area contributed by atoms with Crippen molar-refractivity contribution in [2.75, 3.05) is 6.54 Å². The molecule has 0 aliphatic heterocycles. The summed E-state index contributed by atoms with van der Waals surface area (Å²) in [5.41, 5.74) is 2.65. The van der Waals surface area contributed by atoms with Gasteiger partial charge in [0.05, 0.1) is 12.1 Å². The molecule has 0 radical (unpaired) electrons. The molecule has 0 saturated heterocycles. The minimum atomic E-state index is -0.673. The van der Waals surface area contributed by atoms with Gasteiger partial charge in [-0.05, 0) is 31.2 Å². The molecule has 0 fully saturated rings. The summed E-state index contributed by atoms with van der Waals surface area (Å²) in [7, 11) is 0. The van der Waals surface area contributed by atoms with Crippen molar-refractivity contribution in [1.82, 2.24) is 10.3 Å². The second kappa shape index (κ2) is 7.25. The number of carbonyl (C=O) groups excluding carboxylic acids is 2. The van der Waals surface area contributed by atoms with Crippen LogP contribution < -0.4 is 5.32 Å². The minimum absolute atomic E-state index is 0.0818. The van der Waals surface area contributed by atoms with E-state index in [1.54, 1.807) is 25.1 Å². The monoisotopic (exact) mass is 350 g/mol. The van der Waals surface area contributed by atoms with Crippen molar-refractivity contribution >= 4 is 34.2 Å². The highest BCUT2D eigenvalue weighted by Crippen LogP contribution is 2.22. The molecule has 25 heavy (non-hydrogen) atoms. The van der Waals surface area contributed by atoms with Gasteiger partial charge in [-0.2, -0.15) is 0 Å². The predicted octanol–water partition coefficient (Wildman–Crippen LogP) is 3.48. The summed E-state index contributed by atoms with van der Waals surface area (Å²) in [6, 6.07) is 14.5. The third-order valence-electron chi connectivity index (χ3n) is 3.72. The maximum absolute atomic E-state index is 12.5. The van der Waals surface area contributed by atoms with Crippen molar-refractivity contribution in [2.45, 2.75) is 6.92 Å². The predicted molar refractivity (Wildman–Crippen MR) is 98.7 cm³/mol. The van der Waals surface area contributed by atoms with Gasteiger partial charge in [-0.1, -0.05) is 47.7 Å². The van der Waals surface area contributed by atoms with Crippen LogP contribution in [0.1, 0.15) is 21.6 Å². The molecule has 1 amide bonds. The fourth-order valence-corrected chi connectivity index (χ4v) is 2.79. The molecule has 0 atom stereocenters. The number of para-hydroxylation sites is 1. The number of hydrogen-bond acceptors (Lipinski definition) is 2. The van der Waals surface area contributed by atoms with E-state index < -0.39 is 11.7 Å². The summed E-state index contributed by atoms with van der Waals surface area (Å²) in [5.74, 6) is 4.46. The lowest BCUT2D eigenvalue weighted by Crippen LogP contribution is -2.31. The average molecular weight is 351 g/mol. The Balaban J connectivity index is 1.69. The van der Waals surface area contributed by atoms with E-state index in [-0.39, 0.29) is 6.54 Å². The fraction of sp³-hybridized carbons (Fsp3) is 0.100. The number of aryl methyl sites for hydroxylation is 1. The van der Waals surface area contributed by atoms with Crippen LogP contribution in [0, 0.1) is 18.8 Å². The number of nitrogens with one attached hydrogen (secondary N) is 2. The van der Waals surface area contributed by atoms with Crippen LogP contribution >= 0.6 is 11.6 Å². The van der Waals surface area contributed by atoms with Crippen LogP contribution in [0.5, 0.6) is 0 Å². The van der Waals surface area contributed by atoms with Crippen molar-refractivity contribution < 1.29 is 9.59 Å². The van der Waals surface area contributed by atoms with Gasteiger partial charge >= 0.3 is 0 Å². The Kier molecular flexibility index (Phi) is 4.87. The minimum Gasteiger partial charge on any atom is -0.358 e. The van der Waals surface area contributed by atoms with E-state index >= 15 is 0 Å². The quantitative estimate of drug-likeness (QED) is 0.431. The van der Waals surface area contributed by atoms with Gasteiger partial charge in [0.1, 0.15) is 0 Å². The van der Waals surface area contributed by atoms with Crippen LogP contribution in [0.2, 0.25) is 5.02 Å². The Morgan fingerprint density at radius 2 is 1.96 bits per heavy atom. The Labute approximate surface area is 150 Å². The number of Topliss-reactive ketones (excluding diaryl/α,β-unsaturated/α-hetero) is 1. The zero-order chi connectivity index (χ0) is 17.8. The topological polar surface area (TPSA) is 62.0 Å². The molecule has 5 heteroatoms. The molecule has 1 aromatic heterocycles. The van der Waals surface area contributed by atoms with Crippen molar-refractivity contribution in [1.29, 1.82) is 0 Å². The number of aromatic amines is 1. The molecule has 0 spiro atoms. The zero-order valence-electron chi connectivity index (χ0n) is 13.5. The van der Waals surface area contributed by atoms with E-state index in [0.29, 0.717) is 16.3 Å². The molecule has 0 bridgehead atoms. The first-order valence-electron chi connectivity index (χ1n) is 7.70. The molecular formula is C20H15ClN2O2. The SMILES string of the molecule is Cc1[nH]c2ccccc2c1C(=O)C(=O)NCC#Cc1cccc(Cl)c1. The second-order valence-electron chi connectivity index (χ2n) is 5.49. The molecule has 4 nitrogen and oxygen atoms in total. The number of ketones is 1. The molecule has 1 heterocycles. The Hall–Kier alpha value is -3.03.